The number of nitriles is 1. The van der Waals surface area contributed by atoms with E-state index in [9.17, 15) is 0 Å². The minimum Gasteiger partial charge on any atom is -0.401 e. The normalized spacial score (nSPS) is 4.00. The molecule has 0 fully saturated rings. The molecule has 0 saturated carbocycles. The monoisotopic (exact) mass is 987 g/mol. The van der Waals surface area contributed by atoms with Crippen molar-refractivity contribution < 1.29 is 105 Å². The summed E-state index contributed by atoms with van der Waals surface area (Å²) in [6, 6.07) is 0. The van der Waals surface area contributed by atoms with Crippen molar-refractivity contribution in [1.82, 2.24) is 0 Å². The van der Waals surface area contributed by atoms with E-state index in [-0.39, 0.29) is 105 Å². The van der Waals surface area contributed by atoms with Gasteiger partial charge >= 0.3 is 0 Å². The van der Waals surface area contributed by atoms with Crippen molar-refractivity contribution in [1.29, 1.82) is 5.26 Å². The summed E-state index contributed by atoms with van der Waals surface area (Å²) >= 11 is 0. The Kier molecular flexibility index (Phi) is 162. The van der Waals surface area contributed by atoms with Gasteiger partial charge in [0.05, 0.1) is 0 Å². The number of rotatable bonds is 0. The summed E-state index contributed by atoms with van der Waals surface area (Å²) in [5, 5.41) is 7.59. The van der Waals surface area contributed by atoms with Crippen molar-refractivity contribution in [3.8, 4) is 6.19 Å². The van der Waals surface area contributed by atoms with Crippen LogP contribution in [0.15, 0.2) is 4.99 Å². The van der Waals surface area contributed by atoms with Crippen molar-refractivity contribution >= 4 is 6.21 Å². The summed E-state index contributed by atoms with van der Waals surface area (Å²) in [5.74, 6) is 0. The van der Waals surface area contributed by atoms with Crippen LogP contribution < -0.4 is 0 Å². The second-order valence-corrected chi connectivity index (χ2v) is 0.435. The second kappa shape index (κ2) is 41.6. The largest absolute Gasteiger partial charge is 0.401 e. The molecule has 2 nitrogen and oxygen atoms in total. The molecule has 0 heterocycles. The maximum atomic E-state index is 7.59. The maximum absolute atomic E-state index is 7.59. The van der Waals surface area contributed by atoms with Gasteiger partial charge < -0.3 is 10.3 Å². The fourth-order valence-corrected chi connectivity index (χ4v) is 0.0500. The van der Waals surface area contributed by atoms with Gasteiger partial charge in [-0.25, -0.2) is 0 Å². The van der Waals surface area contributed by atoms with Crippen LogP contribution in [-0.2, 0) is 105 Å². The Balaban J connectivity index is -0.00000000800. The molecule has 0 aliphatic heterocycles. The Bertz CT molecular complexity index is 77.5. The van der Waals surface area contributed by atoms with Crippen molar-refractivity contribution in [3.63, 3.8) is 0 Å². The van der Waals surface area contributed by atoms with Crippen molar-refractivity contribution in [2.45, 2.75) is 6.92 Å². The zero-order valence-electron chi connectivity index (χ0n) is 4.94. The van der Waals surface area contributed by atoms with E-state index in [0.29, 0.717) is 0 Å². The first-order valence-electron chi connectivity index (χ1n) is 1.17. The standard InChI is InChI=1S/C3H3N2.5W/c1-2-5-3-4;;;;;/h1H3;;;;;/q-1;;;;;. The first-order valence-corrected chi connectivity index (χ1v) is 1.17. The topological polar surface area (TPSA) is 36.1 Å². The van der Waals surface area contributed by atoms with Gasteiger partial charge in [-0.05, 0) is 6.19 Å². The van der Waals surface area contributed by atoms with Gasteiger partial charge in [0.1, 0.15) is 0 Å². The summed E-state index contributed by atoms with van der Waals surface area (Å²) in [5.41, 5.74) is 0. The summed E-state index contributed by atoms with van der Waals surface area (Å²) in [7, 11) is 0. The Morgan fingerprint density at radius 2 is 1.40 bits per heavy atom. The van der Waals surface area contributed by atoms with Gasteiger partial charge in [-0.3, -0.25) is 0 Å². The predicted molar refractivity (Wildman–Crippen MR) is 18.7 cm³/mol. The van der Waals surface area contributed by atoms with Crippen LogP contribution >= 0.6 is 0 Å². The number of hydrogen-bond acceptors (Lipinski definition) is 2. The molecule has 0 aromatic heterocycles. The van der Waals surface area contributed by atoms with Crippen LogP contribution in [0.2, 0.25) is 0 Å². The molecular formula is C3H3N2W5-. The molecule has 0 unspecified atom stereocenters. The van der Waals surface area contributed by atoms with Gasteiger partial charge in [0.15, 0.2) is 0 Å². The molecule has 0 atom stereocenters. The first-order chi connectivity index (χ1) is 2.41. The predicted octanol–water partition coefficient (Wildman–Crippen LogP) is 0.423. The van der Waals surface area contributed by atoms with Gasteiger partial charge in [0.2, 0.25) is 0 Å². The number of nitrogens with zero attached hydrogens (tertiary/aromatic N) is 2. The third-order valence-corrected chi connectivity index (χ3v) is 0.162. The van der Waals surface area contributed by atoms with Crippen molar-refractivity contribution in [2.24, 2.45) is 4.99 Å². The average molecular weight is 986 g/mol. The van der Waals surface area contributed by atoms with E-state index in [1.165, 1.54) is 6.19 Å². The molecule has 0 rings (SSSR count). The van der Waals surface area contributed by atoms with Crippen LogP contribution in [-0.4, -0.2) is 6.21 Å². The molecule has 0 radical (unpaired) electrons. The summed E-state index contributed by atoms with van der Waals surface area (Å²) in [6.45, 7) is 1.57. The molecule has 0 aliphatic rings. The van der Waals surface area contributed by atoms with Crippen LogP contribution in [0.3, 0.4) is 0 Å². The smallest absolute Gasteiger partial charge is 0 e. The second-order valence-electron chi connectivity index (χ2n) is 0.435. The fourth-order valence-electron chi connectivity index (χ4n) is 0.0500. The molecule has 0 amide bonds. The third-order valence-electron chi connectivity index (χ3n) is 0.162. The maximum Gasteiger partial charge on any atom is 0 e. The van der Waals surface area contributed by atoms with Gasteiger partial charge in [0, 0.05) is 105 Å². The van der Waals surface area contributed by atoms with E-state index < -0.39 is 0 Å². The molecule has 0 aromatic carbocycles. The Morgan fingerprint density at radius 3 is 1.40 bits per heavy atom. The molecule has 0 spiro atoms. The van der Waals surface area contributed by atoms with Gasteiger partial charge in [-0.1, -0.05) is 0 Å². The van der Waals surface area contributed by atoms with Crippen molar-refractivity contribution in [3.05, 3.63) is 0 Å². The molecule has 0 aliphatic carbocycles. The quantitative estimate of drug-likeness (QED) is 0.198. The Morgan fingerprint density at radius 1 is 1.10 bits per heavy atom. The van der Waals surface area contributed by atoms with Gasteiger partial charge in [-0.2, -0.15) is 6.21 Å². The fraction of sp³-hybridized carbons (Fsp3) is 0.333. The van der Waals surface area contributed by atoms with E-state index in [2.05, 4.69) is 11.2 Å². The Hall–Kier alpha value is 2.60. The van der Waals surface area contributed by atoms with Crippen LogP contribution in [0.25, 0.3) is 0 Å². The zero-order chi connectivity index (χ0) is 4.12. The first kappa shape index (κ1) is 38.9. The molecule has 10 heavy (non-hydrogen) atoms. The van der Waals surface area contributed by atoms with Gasteiger partial charge in [0.25, 0.3) is 0 Å². The molecular weight excluding hydrogens is 983 g/mol. The third kappa shape index (κ3) is 46.2. The molecule has 56 valence electrons. The van der Waals surface area contributed by atoms with Crippen LogP contribution in [0.5, 0.6) is 0 Å². The van der Waals surface area contributed by atoms with E-state index in [1.54, 1.807) is 6.92 Å². The number of hydrogen-bond donors (Lipinski definition) is 0. The molecule has 0 bridgehead atoms. The average Bonchev–Trinajstić information content (AvgIpc) is 1.41. The summed E-state index contributed by atoms with van der Waals surface area (Å²) < 4.78 is 0. The minimum atomic E-state index is 0. The van der Waals surface area contributed by atoms with E-state index in [0.717, 1.165) is 0 Å². The molecule has 0 saturated heterocycles. The van der Waals surface area contributed by atoms with E-state index in [4.69, 9.17) is 5.26 Å². The SMILES string of the molecule is C[C-]=NC#N.[W].[W].[W].[W].[W]. The van der Waals surface area contributed by atoms with Gasteiger partial charge in [-0.15, -0.1) is 6.92 Å². The molecule has 0 aromatic rings. The minimum absolute atomic E-state index is 0. The van der Waals surface area contributed by atoms with E-state index in [1.807, 2.05) is 0 Å². The zero-order valence-corrected chi connectivity index (χ0v) is 19.6. The number of aliphatic imine (C=N–C) groups is 1. The Labute approximate surface area is 133 Å². The summed E-state index contributed by atoms with van der Waals surface area (Å²) in [4.78, 5) is 3.03. The van der Waals surface area contributed by atoms with Crippen molar-refractivity contribution in [2.75, 3.05) is 0 Å². The summed E-state index contributed by atoms with van der Waals surface area (Å²) in [6.07, 6.45) is 3.81. The molecule has 0 N–H and O–H groups in total. The van der Waals surface area contributed by atoms with Crippen LogP contribution in [0.1, 0.15) is 6.92 Å². The molecule has 7 heteroatoms. The van der Waals surface area contributed by atoms with Crippen LogP contribution in [0, 0.1) is 11.5 Å². The van der Waals surface area contributed by atoms with Crippen LogP contribution in [0.4, 0.5) is 0 Å². The van der Waals surface area contributed by atoms with E-state index >= 15 is 0 Å².